The van der Waals surface area contributed by atoms with Crippen LogP contribution in [0.1, 0.15) is 45.1 Å². The van der Waals surface area contributed by atoms with E-state index < -0.39 is 5.97 Å². The van der Waals surface area contributed by atoms with Gasteiger partial charge < -0.3 is 14.7 Å². The number of carboxylic acid groups (broad SMARTS) is 1. The molecule has 1 aliphatic carbocycles. The van der Waals surface area contributed by atoms with Gasteiger partial charge in [0.1, 0.15) is 5.75 Å². The van der Waals surface area contributed by atoms with Crippen molar-refractivity contribution in [3.63, 3.8) is 0 Å². The topological polar surface area (TPSA) is 66.8 Å². The average molecular weight is 347 g/mol. The summed E-state index contributed by atoms with van der Waals surface area (Å²) in [7, 11) is 1.64. The number of carbonyl (C=O) groups is 2. The van der Waals surface area contributed by atoms with Crippen molar-refractivity contribution in [1.82, 2.24) is 4.90 Å². The van der Waals surface area contributed by atoms with Crippen LogP contribution in [0.3, 0.4) is 0 Å². The van der Waals surface area contributed by atoms with Gasteiger partial charge in [-0.2, -0.15) is 0 Å². The Balaban J connectivity index is 2.01. The van der Waals surface area contributed by atoms with Gasteiger partial charge in [-0.05, 0) is 57.2 Å². The van der Waals surface area contributed by atoms with Crippen molar-refractivity contribution in [2.24, 2.45) is 11.8 Å². The standard InChI is InChI=1S/C20H29NO4/c1-4-21(14(2)12-15-8-10-18(25-3)11-9-15)19(22)16-6-5-7-17(13-16)20(23)24/h8-11,14,16-17H,4-7,12-13H2,1-3H3,(H,23,24). The Morgan fingerprint density at radius 1 is 1.24 bits per heavy atom. The van der Waals surface area contributed by atoms with Crippen LogP contribution in [-0.4, -0.2) is 41.6 Å². The Morgan fingerprint density at radius 2 is 1.88 bits per heavy atom. The van der Waals surface area contributed by atoms with E-state index >= 15 is 0 Å². The van der Waals surface area contributed by atoms with Crippen LogP contribution in [-0.2, 0) is 16.0 Å². The lowest BCUT2D eigenvalue weighted by Gasteiger charge is -2.34. The van der Waals surface area contributed by atoms with Gasteiger partial charge in [-0.15, -0.1) is 0 Å². The zero-order chi connectivity index (χ0) is 18.4. The molecule has 0 spiro atoms. The highest BCUT2D eigenvalue weighted by atomic mass is 16.5. The van der Waals surface area contributed by atoms with Crippen LogP contribution < -0.4 is 4.74 Å². The Labute approximate surface area is 150 Å². The molecule has 3 atom stereocenters. The number of rotatable bonds is 7. The van der Waals surface area contributed by atoms with E-state index in [0.717, 1.165) is 30.6 Å². The molecule has 1 aliphatic rings. The van der Waals surface area contributed by atoms with E-state index in [0.29, 0.717) is 19.4 Å². The number of benzene rings is 1. The third-order valence-electron chi connectivity index (χ3n) is 5.22. The van der Waals surface area contributed by atoms with E-state index in [9.17, 15) is 14.7 Å². The molecule has 1 amide bonds. The first kappa shape index (κ1) is 19.3. The van der Waals surface area contributed by atoms with Crippen LogP contribution in [0.2, 0.25) is 0 Å². The van der Waals surface area contributed by atoms with Crippen LogP contribution in [0, 0.1) is 11.8 Å². The maximum atomic E-state index is 12.9. The Hall–Kier alpha value is -2.04. The number of aliphatic carboxylic acids is 1. The maximum Gasteiger partial charge on any atom is 0.306 e. The number of amides is 1. The van der Waals surface area contributed by atoms with Crippen LogP contribution >= 0.6 is 0 Å². The maximum absolute atomic E-state index is 12.9. The van der Waals surface area contributed by atoms with Crippen LogP contribution in [0.4, 0.5) is 0 Å². The summed E-state index contributed by atoms with van der Waals surface area (Å²) in [5, 5.41) is 9.25. The summed E-state index contributed by atoms with van der Waals surface area (Å²) in [6.07, 6.45) is 3.55. The number of carbonyl (C=O) groups excluding carboxylic acids is 1. The molecule has 138 valence electrons. The quantitative estimate of drug-likeness (QED) is 0.821. The fraction of sp³-hybridized carbons (Fsp3) is 0.600. The second kappa shape index (κ2) is 8.88. The monoisotopic (exact) mass is 347 g/mol. The molecular weight excluding hydrogens is 318 g/mol. The van der Waals surface area contributed by atoms with Gasteiger partial charge in [0.15, 0.2) is 0 Å². The minimum atomic E-state index is -0.771. The molecule has 25 heavy (non-hydrogen) atoms. The molecule has 0 aliphatic heterocycles. The van der Waals surface area contributed by atoms with Crippen molar-refractivity contribution in [2.45, 2.75) is 52.0 Å². The van der Waals surface area contributed by atoms with E-state index in [2.05, 4.69) is 6.92 Å². The highest BCUT2D eigenvalue weighted by molar-refractivity contribution is 5.80. The van der Waals surface area contributed by atoms with E-state index in [-0.39, 0.29) is 23.8 Å². The normalized spacial score (nSPS) is 21.4. The number of likely N-dealkylation sites (N-methyl/N-ethyl adjacent to an activating group) is 1. The van der Waals surface area contributed by atoms with E-state index in [4.69, 9.17) is 4.74 Å². The van der Waals surface area contributed by atoms with Crippen molar-refractivity contribution >= 4 is 11.9 Å². The lowest BCUT2D eigenvalue weighted by molar-refractivity contribution is -0.146. The Kier molecular flexibility index (Phi) is 6.85. The summed E-state index contributed by atoms with van der Waals surface area (Å²) in [4.78, 5) is 26.1. The first-order valence-corrected chi connectivity index (χ1v) is 9.12. The molecule has 1 fully saturated rings. The number of carboxylic acids is 1. The SMILES string of the molecule is CCN(C(=O)C1CCCC(C(=O)O)C1)C(C)Cc1ccc(OC)cc1. The van der Waals surface area contributed by atoms with Crippen LogP contribution in [0.15, 0.2) is 24.3 Å². The molecule has 0 saturated heterocycles. The molecular formula is C20H29NO4. The third kappa shape index (κ3) is 4.97. The van der Waals surface area contributed by atoms with Gasteiger partial charge in [0.25, 0.3) is 0 Å². The second-order valence-electron chi connectivity index (χ2n) is 6.92. The second-order valence-corrected chi connectivity index (χ2v) is 6.92. The highest BCUT2D eigenvalue weighted by Gasteiger charge is 2.34. The summed E-state index contributed by atoms with van der Waals surface area (Å²) >= 11 is 0. The predicted molar refractivity (Wildman–Crippen MR) is 96.6 cm³/mol. The summed E-state index contributed by atoms with van der Waals surface area (Å²) in [5.74, 6) is -0.380. The molecule has 1 aromatic rings. The zero-order valence-electron chi connectivity index (χ0n) is 15.4. The van der Waals surface area contributed by atoms with Crippen molar-refractivity contribution in [3.05, 3.63) is 29.8 Å². The predicted octanol–water partition coefficient (Wildman–Crippen LogP) is 3.37. The molecule has 3 unspecified atom stereocenters. The van der Waals surface area contributed by atoms with Gasteiger partial charge in [0, 0.05) is 18.5 Å². The molecule has 0 radical (unpaired) electrons. The van der Waals surface area contributed by atoms with Crippen molar-refractivity contribution in [1.29, 1.82) is 0 Å². The van der Waals surface area contributed by atoms with Gasteiger partial charge in [0.05, 0.1) is 13.0 Å². The lowest BCUT2D eigenvalue weighted by Crippen LogP contribution is -2.44. The van der Waals surface area contributed by atoms with Gasteiger partial charge in [-0.25, -0.2) is 0 Å². The first-order chi connectivity index (χ1) is 12.0. The van der Waals surface area contributed by atoms with Gasteiger partial charge in [-0.1, -0.05) is 18.6 Å². The molecule has 5 heteroatoms. The van der Waals surface area contributed by atoms with Crippen molar-refractivity contribution in [3.8, 4) is 5.75 Å². The van der Waals surface area contributed by atoms with E-state index in [1.54, 1.807) is 7.11 Å². The minimum absolute atomic E-state index is 0.0797. The zero-order valence-corrected chi connectivity index (χ0v) is 15.4. The molecule has 2 rings (SSSR count). The number of hydrogen-bond donors (Lipinski definition) is 1. The smallest absolute Gasteiger partial charge is 0.306 e. The first-order valence-electron chi connectivity index (χ1n) is 9.12. The molecule has 0 heterocycles. The summed E-state index contributed by atoms with van der Waals surface area (Å²) in [6, 6.07) is 7.98. The molecule has 0 bridgehead atoms. The molecule has 1 aromatic carbocycles. The minimum Gasteiger partial charge on any atom is -0.497 e. The highest BCUT2D eigenvalue weighted by Crippen LogP contribution is 2.31. The third-order valence-corrected chi connectivity index (χ3v) is 5.22. The number of methoxy groups -OCH3 is 1. The van der Waals surface area contributed by atoms with Crippen molar-refractivity contribution in [2.75, 3.05) is 13.7 Å². The van der Waals surface area contributed by atoms with Gasteiger partial charge >= 0.3 is 5.97 Å². The number of ether oxygens (including phenoxy) is 1. The molecule has 1 saturated carbocycles. The fourth-order valence-corrected chi connectivity index (χ4v) is 3.77. The largest absolute Gasteiger partial charge is 0.497 e. The average Bonchev–Trinajstić information content (AvgIpc) is 2.63. The number of nitrogens with zero attached hydrogens (tertiary/aromatic N) is 1. The molecule has 0 aromatic heterocycles. The molecule has 1 N–H and O–H groups in total. The summed E-state index contributed by atoms with van der Waals surface area (Å²) in [5.41, 5.74) is 1.16. The van der Waals surface area contributed by atoms with Gasteiger partial charge in [0.2, 0.25) is 5.91 Å². The summed E-state index contributed by atoms with van der Waals surface area (Å²) in [6.45, 7) is 4.69. The number of hydrogen-bond acceptors (Lipinski definition) is 3. The van der Waals surface area contributed by atoms with Crippen molar-refractivity contribution < 1.29 is 19.4 Å². The lowest BCUT2D eigenvalue weighted by atomic mass is 9.80. The Bertz CT molecular complexity index is 584. The molecule has 5 nitrogen and oxygen atoms in total. The Morgan fingerprint density at radius 3 is 2.44 bits per heavy atom. The van der Waals surface area contributed by atoms with E-state index in [1.807, 2.05) is 36.1 Å². The van der Waals surface area contributed by atoms with Gasteiger partial charge in [-0.3, -0.25) is 9.59 Å². The summed E-state index contributed by atoms with van der Waals surface area (Å²) < 4.78 is 5.18. The fourth-order valence-electron chi connectivity index (χ4n) is 3.77. The van der Waals surface area contributed by atoms with Crippen LogP contribution in [0.25, 0.3) is 0 Å². The van der Waals surface area contributed by atoms with E-state index in [1.165, 1.54) is 0 Å². The van der Waals surface area contributed by atoms with Crippen LogP contribution in [0.5, 0.6) is 5.75 Å².